The Labute approximate surface area is 92.4 Å². The molecule has 0 saturated carbocycles. The molecule has 1 unspecified atom stereocenters. The van der Waals surface area contributed by atoms with Crippen molar-refractivity contribution in [2.75, 3.05) is 6.54 Å². The fourth-order valence-corrected chi connectivity index (χ4v) is 2.32. The standard InChI is InChI=1S/C9H13N3O2S/c1-5(2)3-12-8(13)7-6(4-15-11-7)10-9(12)14/h4-5,7,11H,3H2,1-2H3,(H,10,14). The van der Waals surface area contributed by atoms with E-state index in [1.165, 1.54) is 16.8 Å². The molecule has 2 heterocycles. The molecule has 0 aromatic rings. The molecule has 2 N–H and O–H groups in total. The Bertz CT molecular complexity index is 340. The van der Waals surface area contributed by atoms with Crippen LogP contribution in [0.3, 0.4) is 0 Å². The molecule has 2 rings (SSSR count). The van der Waals surface area contributed by atoms with Crippen molar-refractivity contribution in [3.63, 3.8) is 0 Å². The van der Waals surface area contributed by atoms with Crippen molar-refractivity contribution < 1.29 is 9.59 Å². The second-order valence-corrected chi connectivity index (χ2v) is 4.72. The number of nitrogens with one attached hydrogen (secondary N) is 2. The highest BCUT2D eigenvalue weighted by molar-refractivity contribution is 8.00. The fraction of sp³-hybridized carbons (Fsp3) is 0.556. The Morgan fingerprint density at radius 1 is 1.53 bits per heavy atom. The molecule has 2 aliphatic rings. The van der Waals surface area contributed by atoms with Crippen LogP contribution in [-0.4, -0.2) is 29.4 Å². The lowest BCUT2D eigenvalue weighted by Crippen LogP contribution is -2.58. The second kappa shape index (κ2) is 3.86. The molecule has 1 atom stereocenters. The van der Waals surface area contributed by atoms with E-state index in [1.54, 1.807) is 5.41 Å². The van der Waals surface area contributed by atoms with Gasteiger partial charge in [-0.3, -0.25) is 9.69 Å². The lowest BCUT2D eigenvalue weighted by atomic mass is 10.1. The van der Waals surface area contributed by atoms with Crippen molar-refractivity contribution in [2.24, 2.45) is 5.92 Å². The largest absolute Gasteiger partial charge is 0.328 e. The highest BCUT2D eigenvalue weighted by atomic mass is 32.2. The van der Waals surface area contributed by atoms with E-state index >= 15 is 0 Å². The summed E-state index contributed by atoms with van der Waals surface area (Å²) in [6.07, 6.45) is 0. The molecule has 0 radical (unpaired) electrons. The van der Waals surface area contributed by atoms with Gasteiger partial charge in [0.05, 0.1) is 5.70 Å². The van der Waals surface area contributed by atoms with Gasteiger partial charge in [0.15, 0.2) is 0 Å². The zero-order chi connectivity index (χ0) is 11.0. The predicted molar refractivity (Wildman–Crippen MR) is 57.7 cm³/mol. The summed E-state index contributed by atoms with van der Waals surface area (Å²) in [7, 11) is 0. The van der Waals surface area contributed by atoms with Crippen LogP contribution in [0.5, 0.6) is 0 Å². The van der Waals surface area contributed by atoms with Crippen molar-refractivity contribution in [2.45, 2.75) is 19.9 Å². The fourth-order valence-electron chi connectivity index (χ4n) is 1.57. The van der Waals surface area contributed by atoms with E-state index in [4.69, 9.17) is 0 Å². The molecule has 5 nitrogen and oxygen atoms in total. The van der Waals surface area contributed by atoms with Gasteiger partial charge in [0.2, 0.25) is 0 Å². The Hall–Kier alpha value is -1.01. The average molecular weight is 227 g/mol. The molecular formula is C9H13N3O2S. The maximum absolute atomic E-state index is 11.9. The summed E-state index contributed by atoms with van der Waals surface area (Å²) in [5.74, 6) is 0.114. The van der Waals surface area contributed by atoms with Crippen molar-refractivity contribution in [1.29, 1.82) is 0 Å². The molecule has 15 heavy (non-hydrogen) atoms. The maximum Gasteiger partial charge on any atom is 0.328 e. The van der Waals surface area contributed by atoms with Crippen LogP contribution < -0.4 is 10.0 Å². The van der Waals surface area contributed by atoms with Gasteiger partial charge in [-0.15, -0.1) is 0 Å². The number of carbonyl (C=O) groups is 2. The predicted octanol–water partition coefficient (Wildman–Crippen LogP) is 0.656. The van der Waals surface area contributed by atoms with Gasteiger partial charge in [-0.25, -0.2) is 9.52 Å². The Morgan fingerprint density at radius 2 is 2.27 bits per heavy atom. The van der Waals surface area contributed by atoms with Gasteiger partial charge in [-0.05, 0) is 5.92 Å². The first-order valence-corrected chi connectivity index (χ1v) is 5.71. The zero-order valence-corrected chi connectivity index (χ0v) is 9.43. The van der Waals surface area contributed by atoms with Crippen molar-refractivity contribution >= 4 is 23.9 Å². The van der Waals surface area contributed by atoms with E-state index in [1.807, 2.05) is 13.8 Å². The van der Waals surface area contributed by atoms with Crippen molar-refractivity contribution in [3.8, 4) is 0 Å². The molecule has 1 fully saturated rings. The van der Waals surface area contributed by atoms with Crippen molar-refractivity contribution in [1.82, 2.24) is 14.9 Å². The summed E-state index contributed by atoms with van der Waals surface area (Å²) in [5.41, 5.74) is 0.662. The van der Waals surface area contributed by atoms with Crippen LogP contribution in [-0.2, 0) is 4.79 Å². The molecular weight excluding hydrogens is 214 g/mol. The molecule has 1 saturated heterocycles. The minimum atomic E-state index is -0.383. The molecule has 0 bridgehead atoms. The summed E-state index contributed by atoms with van der Waals surface area (Å²) >= 11 is 1.33. The maximum atomic E-state index is 11.9. The minimum absolute atomic E-state index is 0.163. The summed E-state index contributed by atoms with van der Waals surface area (Å²) in [6, 6.07) is -0.702. The third kappa shape index (κ3) is 1.87. The van der Waals surface area contributed by atoms with Crippen LogP contribution in [0.2, 0.25) is 0 Å². The van der Waals surface area contributed by atoms with E-state index in [0.717, 1.165) is 0 Å². The van der Waals surface area contributed by atoms with Crippen LogP contribution in [0.15, 0.2) is 11.1 Å². The summed E-state index contributed by atoms with van der Waals surface area (Å²) in [6.45, 7) is 4.41. The highest BCUT2D eigenvalue weighted by Crippen LogP contribution is 2.22. The number of hydrogen-bond acceptors (Lipinski definition) is 4. The van der Waals surface area contributed by atoms with Gasteiger partial charge >= 0.3 is 6.03 Å². The molecule has 0 aromatic carbocycles. The Kier molecular flexibility index (Phi) is 2.70. The number of hydrogen-bond donors (Lipinski definition) is 2. The topological polar surface area (TPSA) is 61.4 Å². The first kappa shape index (κ1) is 10.5. The molecule has 2 aliphatic heterocycles. The molecule has 0 aliphatic carbocycles. The van der Waals surface area contributed by atoms with Gasteiger partial charge in [-0.2, -0.15) is 0 Å². The number of amides is 3. The summed E-state index contributed by atoms with van der Waals surface area (Å²) in [4.78, 5) is 24.8. The number of rotatable bonds is 2. The third-order valence-electron chi connectivity index (χ3n) is 2.24. The van der Waals surface area contributed by atoms with E-state index in [-0.39, 0.29) is 23.9 Å². The van der Waals surface area contributed by atoms with Crippen LogP contribution in [0.4, 0.5) is 4.79 Å². The number of imide groups is 1. The lowest BCUT2D eigenvalue weighted by molar-refractivity contribution is -0.130. The van der Waals surface area contributed by atoms with E-state index in [0.29, 0.717) is 12.2 Å². The number of carbonyl (C=O) groups excluding carboxylic acids is 2. The average Bonchev–Trinajstić information content (AvgIpc) is 2.59. The number of nitrogens with zero attached hydrogens (tertiary/aromatic N) is 1. The smallest absolute Gasteiger partial charge is 0.308 e. The SMILES string of the molecule is CC(C)CN1C(=O)NC2=CSNC2C1=O. The third-order valence-corrected chi connectivity index (χ3v) is 2.98. The normalized spacial score (nSPS) is 25.4. The van der Waals surface area contributed by atoms with E-state index in [9.17, 15) is 9.59 Å². The van der Waals surface area contributed by atoms with Gasteiger partial charge in [0, 0.05) is 12.0 Å². The van der Waals surface area contributed by atoms with E-state index in [2.05, 4.69) is 10.0 Å². The molecule has 0 aromatic heterocycles. The van der Waals surface area contributed by atoms with Gasteiger partial charge in [0.25, 0.3) is 5.91 Å². The first-order valence-electron chi connectivity index (χ1n) is 4.83. The Morgan fingerprint density at radius 3 is 2.93 bits per heavy atom. The second-order valence-electron chi connectivity index (χ2n) is 4.01. The van der Waals surface area contributed by atoms with Gasteiger partial charge in [-0.1, -0.05) is 25.8 Å². The zero-order valence-electron chi connectivity index (χ0n) is 8.61. The highest BCUT2D eigenvalue weighted by Gasteiger charge is 2.39. The Balaban J connectivity index is 2.16. The molecule has 82 valence electrons. The lowest BCUT2D eigenvalue weighted by Gasteiger charge is -2.31. The van der Waals surface area contributed by atoms with Crippen molar-refractivity contribution in [3.05, 3.63) is 11.1 Å². The van der Waals surface area contributed by atoms with Crippen LogP contribution in [0.1, 0.15) is 13.8 Å². The number of urea groups is 1. The van der Waals surface area contributed by atoms with E-state index < -0.39 is 0 Å². The van der Waals surface area contributed by atoms with Gasteiger partial charge < -0.3 is 5.32 Å². The summed E-state index contributed by atoms with van der Waals surface area (Å²) < 4.78 is 2.95. The van der Waals surface area contributed by atoms with Crippen LogP contribution in [0.25, 0.3) is 0 Å². The monoisotopic (exact) mass is 227 g/mol. The van der Waals surface area contributed by atoms with Crippen LogP contribution in [0, 0.1) is 5.92 Å². The van der Waals surface area contributed by atoms with Gasteiger partial charge in [0.1, 0.15) is 6.04 Å². The summed E-state index contributed by atoms with van der Waals surface area (Å²) in [5, 5.41) is 4.47. The first-order chi connectivity index (χ1) is 7.09. The minimum Gasteiger partial charge on any atom is -0.308 e. The quantitative estimate of drug-likeness (QED) is 0.680. The molecule has 0 spiro atoms. The van der Waals surface area contributed by atoms with Crippen LogP contribution >= 0.6 is 11.9 Å². The molecule has 3 amide bonds. The number of fused-ring (bicyclic) bond motifs is 1. The molecule has 6 heteroatoms.